The summed E-state index contributed by atoms with van der Waals surface area (Å²) in [5, 5.41) is 0. The highest BCUT2D eigenvalue weighted by molar-refractivity contribution is 5.85. The van der Waals surface area contributed by atoms with Gasteiger partial charge in [0.1, 0.15) is 0 Å². The molecule has 0 radical (unpaired) electrons. The highest BCUT2D eigenvalue weighted by Crippen LogP contribution is 2.20. The molecule has 0 N–H and O–H groups in total. The smallest absolute Gasteiger partial charge is 0.152 e. The minimum Gasteiger partial charge on any atom is -0.384 e. The van der Waals surface area contributed by atoms with Gasteiger partial charge in [-0.1, -0.05) is 20.8 Å². The Kier molecular flexibility index (Phi) is 4.93. The maximum atomic E-state index is 11.9. The summed E-state index contributed by atoms with van der Waals surface area (Å²) in [6.45, 7) is 9.53. The van der Waals surface area contributed by atoms with Gasteiger partial charge in [-0.25, -0.2) is 0 Å². The molecule has 3 nitrogen and oxygen atoms in total. The number of carbonyl (C=O) groups is 1. The fourth-order valence-corrected chi connectivity index (χ4v) is 1.99. The molecule has 0 spiro atoms. The first-order valence-electron chi connectivity index (χ1n) is 6.18. The number of Topliss-reactive ketones (excluding diaryl/α,β-unsaturated/α-hetero) is 1. The van der Waals surface area contributed by atoms with Gasteiger partial charge in [0.2, 0.25) is 0 Å². The number of carbonyl (C=O) groups excluding carboxylic acids is 1. The molecule has 0 unspecified atom stereocenters. The van der Waals surface area contributed by atoms with Crippen molar-refractivity contribution in [3.8, 4) is 0 Å². The molecule has 1 saturated heterocycles. The molecule has 0 saturated carbocycles. The molecule has 0 aromatic rings. The van der Waals surface area contributed by atoms with Crippen LogP contribution in [0.3, 0.4) is 0 Å². The zero-order valence-electron chi connectivity index (χ0n) is 11.1. The summed E-state index contributed by atoms with van der Waals surface area (Å²) in [7, 11) is 1.76. The fourth-order valence-electron chi connectivity index (χ4n) is 1.99. The first kappa shape index (κ1) is 13.7. The van der Waals surface area contributed by atoms with Crippen LogP contribution in [0.1, 0.15) is 33.6 Å². The number of ether oxygens (including phenoxy) is 1. The Bertz CT molecular complexity index is 225. The van der Waals surface area contributed by atoms with Crippen molar-refractivity contribution in [1.29, 1.82) is 0 Å². The highest BCUT2D eigenvalue weighted by Gasteiger charge is 2.26. The predicted octanol–water partition coefficient (Wildman–Crippen LogP) is 1.96. The van der Waals surface area contributed by atoms with Crippen molar-refractivity contribution in [2.24, 2.45) is 11.3 Å². The van der Waals surface area contributed by atoms with Gasteiger partial charge in [0.05, 0.1) is 6.54 Å². The van der Waals surface area contributed by atoms with Gasteiger partial charge in [0.15, 0.2) is 5.78 Å². The zero-order chi connectivity index (χ0) is 12.2. The predicted molar refractivity (Wildman–Crippen MR) is 65.5 cm³/mol. The number of hydrogen-bond donors (Lipinski definition) is 0. The Morgan fingerprint density at radius 3 is 2.31 bits per heavy atom. The molecule has 0 aromatic carbocycles. The van der Waals surface area contributed by atoms with Gasteiger partial charge in [-0.05, 0) is 31.8 Å². The maximum Gasteiger partial charge on any atom is 0.152 e. The molecule has 1 aliphatic heterocycles. The van der Waals surface area contributed by atoms with Crippen molar-refractivity contribution in [2.75, 3.05) is 33.4 Å². The van der Waals surface area contributed by atoms with Crippen LogP contribution < -0.4 is 0 Å². The Balaban J connectivity index is 2.30. The number of nitrogens with zero attached hydrogens (tertiary/aromatic N) is 1. The van der Waals surface area contributed by atoms with Crippen molar-refractivity contribution in [3.63, 3.8) is 0 Å². The van der Waals surface area contributed by atoms with Crippen LogP contribution in [0.15, 0.2) is 0 Å². The lowest BCUT2D eigenvalue weighted by molar-refractivity contribution is -0.127. The van der Waals surface area contributed by atoms with Crippen LogP contribution in [-0.4, -0.2) is 44.0 Å². The third-order valence-electron chi connectivity index (χ3n) is 3.31. The molecule has 0 aromatic heterocycles. The van der Waals surface area contributed by atoms with E-state index >= 15 is 0 Å². The number of hydrogen-bond acceptors (Lipinski definition) is 3. The summed E-state index contributed by atoms with van der Waals surface area (Å²) in [6.07, 6.45) is 2.32. The molecule has 0 amide bonds. The van der Waals surface area contributed by atoms with E-state index in [4.69, 9.17) is 4.74 Å². The second kappa shape index (κ2) is 5.78. The molecule has 1 aliphatic rings. The first-order valence-corrected chi connectivity index (χ1v) is 6.18. The summed E-state index contributed by atoms with van der Waals surface area (Å²) in [5.41, 5.74) is -0.205. The number of piperidine rings is 1. The number of likely N-dealkylation sites (tertiary alicyclic amines) is 1. The second-order valence-electron chi connectivity index (χ2n) is 5.85. The summed E-state index contributed by atoms with van der Waals surface area (Å²) < 4.78 is 5.17. The Morgan fingerprint density at radius 1 is 1.31 bits per heavy atom. The van der Waals surface area contributed by atoms with Crippen molar-refractivity contribution in [2.45, 2.75) is 33.6 Å². The van der Waals surface area contributed by atoms with Crippen LogP contribution in [-0.2, 0) is 9.53 Å². The van der Waals surface area contributed by atoms with Crippen molar-refractivity contribution in [3.05, 3.63) is 0 Å². The van der Waals surface area contributed by atoms with E-state index in [1.165, 1.54) is 0 Å². The molecule has 1 rings (SSSR count). The Hall–Kier alpha value is -0.410. The average molecular weight is 227 g/mol. The second-order valence-corrected chi connectivity index (χ2v) is 5.85. The van der Waals surface area contributed by atoms with Crippen molar-refractivity contribution < 1.29 is 9.53 Å². The van der Waals surface area contributed by atoms with E-state index in [9.17, 15) is 4.79 Å². The largest absolute Gasteiger partial charge is 0.384 e. The Morgan fingerprint density at radius 2 is 1.88 bits per heavy atom. The van der Waals surface area contributed by atoms with E-state index in [0.29, 0.717) is 18.2 Å². The van der Waals surface area contributed by atoms with Crippen LogP contribution >= 0.6 is 0 Å². The van der Waals surface area contributed by atoms with E-state index in [-0.39, 0.29) is 5.41 Å². The Labute approximate surface area is 99.1 Å². The van der Waals surface area contributed by atoms with Gasteiger partial charge in [-0.3, -0.25) is 9.69 Å². The van der Waals surface area contributed by atoms with Crippen molar-refractivity contribution in [1.82, 2.24) is 4.90 Å². The van der Waals surface area contributed by atoms with E-state index in [1.807, 2.05) is 20.8 Å². The van der Waals surface area contributed by atoms with Gasteiger partial charge in [0, 0.05) is 19.1 Å². The van der Waals surface area contributed by atoms with Crippen LogP contribution in [0.2, 0.25) is 0 Å². The van der Waals surface area contributed by atoms with E-state index in [1.54, 1.807) is 7.11 Å². The molecular weight excluding hydrogens is 202 g/mol. The van der Waals surface area contributed by atoms with E-state index in [0.717, 1.165) is 32.5 Å². The summed E-state index contributed by atoms with van der Waals surface area (Å²) >= 11 is 0. The van der Waals surface area contributed by atoms with Gasteiger partial charge >= 0.3 is 0 Å². The van der Waals surface area contributed by atoms with Crippen molar-refractivity contribution >= 4 is 5.78 Å². The molecule has 1 fully saturated rings. The quantitative estimate of drug-likeness (QED) is 0.735. The molecule has 16 heavy (non-hydrogen) atoms. The summed E-state index contributed by atoms with van der Waals surface area (Å²) in [4.78, 5) is 14.2. The highest BCUT2D eigenvalue weighted by atomic mass is 16.5. The van der Waals surface area contributed by atoms with Gasteiger partial charge in [-0.2, -0.15) is 0 Å². The molecular formula is C13H25NO2. The lowest BCUT2D eigenvalue weighted by Gasteiger charge is -2.32. The van der Waals surface area contributed by atoms with Crippen LogP contribution in [0.4, 0.5) is 0 Å². The topological polar surface area (TPSA) is 29.5 Å². The molecule has 0 aliphatic carbocycles. The molecule has 0 bridgehead atoms. The minimum absolute atomic E-state index is 0.205. The number of methoxy groups -OCH3 is 1. The third kappa shape index (κ3) is 4.22. The lowest BCUT2D eigenvalue weighted by Crippen LogP contribution is -2.41. The number of rotatable bonds is 4. The van der Waals surface area contributed by atoms with Crippen LogP contribution in [0, 0.1) is 11.3 Å². The minimum atomic E-state index is -0.205. The summed E-state index contributed by atoms with van der Waals surface area (Å²) in [5.74, 6) is 1.03. The van der Waals surface area contributed by atoms with E-state index in [2.05, 4.69) is 4.90 Å². The van der Waals surface area contributed by atoms with Gasteiger partial charge < -0.3 is 4.74 Å². The summed E-state index contributed by atoms with van der Waals surface area (Å²) in [6, 6.07) is 0. The number of ketones is 1. The SMILES string of the molecule is COCC1CCN(CC(=O)C(C)(C)C)CC1. The lowest BCUT2D eigenvalue weighted by atomic mass is 9.89. The molecule has 0 atom stereocenters. The monoisotopic (exact) mass is 227 g/mol. The fraction of sp³-hybridized carbons (Fsp3) is 0.923. The van der Waals surface area contributed by atoms with Gasteiger partial charge in [-0.15, -0.1) is 0 Å². The standard InChI is InChI=1S/C13H25NO2/c1-13(2,3)12(15)9-14-7-5-11(6-8-14)10-16-4/h11H,5-10H2,1-4H3. The van der Waals surface area contributed by atoms with Crippen LogP contribution in [0.25, 0.3) is 0 Å². The molecule has 3 heteroatoms. The average Bonchev–Trinajstić information content (AvgIpc) is 2.20. The third-order valence-corrected chi connectivity index (χ3v) is 3.31. The van der Waals surface area contributed by atoms with Gasteiger partial charge in [0.25, 0.3) is 0 Å². The zero-order valence-corrected chi connectivity index (χ0v) is 11.1. The molecule has 1 heterocycles. The molecule has 94 valence electrons. The first-order chi connectivity index (χ1) is 7.43. The maximum absolute atomic E-state index is 11.9. The van der Waals surface area contributed by atoms with E-state index < -0.39 is 0 Å². The van der Waals surface area contributed by atoms with Crippen LogP contribution in [0.5, 0.6) is 0 Å². The normalized spacial score (nSPS) is 20.0.